The van der Waals surface area contributed by atoms with Gasteiger partial charge in [0.2, 0.25) is 0 Å². The lowest BCUT2D eigenvalue weighted by molar-refractivity contribution is -0.142. The van der Waals surface area contributed by atoms with Crippen LogP contribution in [0.3, 0.4) is 0 Å². The van der Waals surface area contributed by atoms with Crippen LogP contribution >= 0.6 is 0 Å². The van der Waals surface area contributed by atoms with Gasteiger partial charge in [-0.25, -0.2) is 4.79 Å². The van der Waals surface area contributed by atoms with Crippen LogP contribution in [0.15, 0.2) is 48.5 Å². The van der Waals surface area contributed by atoms with Gasteiger partial charge in [-0.3, -0.25) is 9.28 Å². The van der Waals surface area contributed by atoms with E-state index in [1.165, 1.54) is 12.8 Å². The second-order valence-corrected chi connectivity index (χ2v) is 9.06. The first-order chi connectivity index (χ1) is 15.8. The molecule has 0 amide bonds. The largest absolute Gasteiger partial charge is 1.00 e. The molecule has 0 fully saturated rings. The fraction of sp³-hybridized carbons (Fsp3) is 0.481. The maximum Gasteiger partial charge on any atom is 0.337 e. The molecular weight excluding hydrogens is 545 g/mol. The van der Waals surface area contributed by atoms with Crippen molar-refractivity contribution in [2.45, 2.75) is 44.9 Å². The summed E-state index contributed by atoms with van der Waals surface area (Å²) in [6, 6.07) is 15.1. The Balaban J connectivity index is 0.00000578. The Morgan fingerprint density at radius 1 is 0.765 bits per heavy atom. The molecule has 34 heavy (non-hydrogen) atoms. The molecule has 0 radical (unpaired) electrons. The summed E-state index contributed by atoms with van der Waals surface area (Å²) in [5.41, 5.74) is 2.71. The second-order valence-electron chi connectivity index (χ2n) is 9.06. The highest BCUT2D eigenvalue weighted by molar-refractivity contribution is 5.89. The van der Waals surface area contributed by atoms with Gasteiger partial charge in [-0.1, -0.05) is 37.8 Å². The van der Waals surface area contributed by atoms with Crippen molar-refractivity contribution in [2.75, 3.05) is 41.5 Å². The average molecular weight is 584 g/mol. The van der Waals surface area contributed by atoms with Crippen molar-refractivity contribution in [3.63, 3.8) is 0 Å². The molecule has 0 spiro atoms. The molecule has 6 nitrogen and oxygen atoms in total. The summed E-state index contributed by atoms with van der Waals surface area (Å²) < 4.78 is 16.5. The van der Waals surface area contributed by atoms with Gasteiger partial charge in [0.1, 0.15) is 11.4 Å². The van der Waals surface area contributed by atoms with E-state index in [1.807, 2.05) is 12.1 Å². The van der Waals surface area contributed by atoms with Gasteiger partial charge < -0.3 is 38.2 Å². The fourth-order valence-corrected chi connectivity index (χ4v) is 3.37. The summed E-state index contributed by atoms with van der Waals surface area (Å²) in [4.78, 5) is 23.4. The molecule has 0 saturated carbocycles. The molecule has 7 heteroatoms. The van der Waals surface area contributed by atoms with Gasteiger partial charge in [-0.2, -0.15) is 0 Å². The standard InChI is InChI=1S/C27H38NO5.HI/c1-28(2,3)24-15-11-22(12-16-24)21-26(29)33-20-10-8-6-5-7-9-19-32-25-17-13-23(14-18-25)27(30)31-4;/h11-18H,5-10,19-21H2,1-4H3;1H/q+1;/p-1. The zero-order valence-electron chi connectivity index (χ0n) is 20.8. The van der Waals surface area contributed by atoms with Crippen molar-refractivity contribution >= 4 is 17.6 Å². The monoisotopic (exact) mass is 583 g/mol. The van der Waals surface area contributed by atoms with E-state index < -0.39 is 0 Å². The van der Waals surface area contributed by atoms with Gasteiger partial charge in [0.25, 0.3) is 0 Å². The molecule has 0 aliphatic heterocycles. The van der Waals surface area contributed by atoms with Crippen LogP contribution in [0.5, 0.6) is 5.75 Å². The van der Waals surface area contributed by atoms with Crippen molar-refractivity contribution in [3.8, 4) is 5.75 Å². The normalized spacial score (nSPS) is 10.8. The Hall–Kier alpha value is -2.13. The molecule has 2 aromatic rings. The molecule has 0 N–H and O–H groups in total. The Bertz CT molecular complexity index is 860. The summed E-state index contributed by atoms with van der Waals surface area (Å²) in [5, 5.41) is 0. The summed E-state index contributed by atoms with van der Waals surface area (Å²) in [6.45, 7) is 1.14. The number of hydrogen-bond donors (Lipinski definition) is 0. The number of benzene rings is 2. The number of ether oxygens (including phenoxy) is 3. The SMILES string of the molecule is COC(=O)c1ccc(OCCCCCCCCOC(=O)Cc2ccc([N+](C)(C)C)cc2)cc1.[I-]. The van der Waals surface area contributed by atoms with E-state index >= 15 is 0 Å². The van der Waals surface area contributed by atoms with Crippen molar-refractivity contribution in [1.29, 1.82) is 0 Å². The van der Waals surface area contributed by atoms with Crippen LogP contribution in [0.4, 0.5) is 5.69 Å². The van der Waals surface area contributed by atoms with Gasteiger partial charge in [-0.15, -0.1) is 0 Å². The lowest BCUT2D eigenvalue weighted by Crippen LogP contribution is -3.00. The summed E-state index contributed by atoms with van der Waals surface area (Å²) in [6.07, 6.45) is 6.62. The zero-order chi connectivity index (χ0) is 24.1. The number of carbonyl (C=O) groups is 2. The molecule has 2 rings (SSSR count). The molecular formula is C27H38INO5. The first-order valence-corrected chi connectivity index (χ1v) is 11.7. The van der Waals surface area contributed by atoms with Crippen LogP contribution in [-0.4, -0.2) is 53.4 Å². The van der Waals surface area contributed by atoms with Gasteiger partial charge >= 0.3 is 11.9 Å². The maximum atomic E-state index is 12.0. The number of esters is 2. The molecule has 188 valence electrons. The topological polar surface area (TPSA) is 61.8 Å². The smallest absolute Gasteiger partial charge is 0.337 e. The molecule has 2 aromatic carbocycles. The highest BCUT2D eigenvalue weighted by Gasteiger charge is 2.12. The summed E-state index contributed by atoms with van der Waals surface area (Å²) in [7, 11) is 7.72. The van der Waals surface area contributed by atoms with Crippen LogP contribution < -0.4 is 33.2 Å². The Morgan fingerprint density at radius 3 is 1.88 bits per heavy atom. The lowest BCUT2D eigenvalue weighted by Gasteiger charge is -2.23. The van der Waals surface area contributed by atoms with Crippen LogP contribution in [-0.2, 0) is 20.7 Å². The van der Waals surface area contributed by atoms with Crippen molar-refractivity contribution in [3.05, 3.63) is 59.7 Å². The third kappa shape index (κ3) is 11.3. The molecule has 0 unspecified atom stereocenters. The number of hydrogen-bond acceptors (Lipinski definition) is 5. The average Bonchev–Trinajstić information content (AvgIpc) is 2.80. The number of unbranched alkanes of at least 4 members (excludes halogenated alkanes) is 5. The molecule has 0 aliphatic rings. The number of rotatable bonds is 14. The first-order valence-electron chi connectivity index (χ1n) is 11.7. The van der Waals surface area contributed by atoms with Gasteiger partial charge in [0.05, 0.1) is 53.5 Å². The van der Waals surface area contributed by atoms with Crippen molar-refractivity contribution in [2.24, 2.45) is 0 Å². The minimum atomic E-state index is -0.346. The molecule has 0 aliphatic carbocycles. The van der Waals surface area contributed by atoms with E-state index in [-0.39, 0.29) is 35.9 Å². The summed E-state index contributed by atoms with van der Waals surface area (Å²) >= 11 is 0. The quantitative estimate of drug-likeness (QED) is 0.148. The van der Waals surface area contributed by atoms with Crippen LogP contribution in [0.2, 0.25) is 0 Å². The Labute approximate surface area is 221 Å². The Morgan fingerprint density at radius 2 is 1.32 bits per heavy atom. The van der Waals surface area contributed by atoms with E-state index in [4.69, 9.17) is 9.47 Å². The molecule has 0 bridgehead atoms. The molecule has 0 aromatic heterocycles. The first kappa shape index (κ1) is 29.9. The summed E-state index contributed by atoms with van der Waals surface area (Å²) in [5.74, 6) is 0.250. The lowest BCUT2D eigenvalue weighted by atomic mass is 10.1. The molecule has 0 atom stereocenters. The maximum absolute atomic E-state index is 12.0. The fourth-order valence-electron chi connectivity index (χ4n) is 3.37. The van der Waals surface area contributed by atoms with Gasteiger partial charge in [0.15, 0.2) is 0 Å². The number of nitrogens with zero attached hydrogens (tertiary/aromatic N) is 1. The number of quaternary nitrogens is 1. The van der Waals surface area contributed by atoms with E-state index in [1.54, 1.807) is 24.3 Å². The van der Waals surface area contributed by atoms with E-state index in [2.05, 4.69) is 38.0 Å². The van der Waals surface area contributed by atoms with Crippen LogP contribution in [0, 0.1) is 0 Å². The third-order valence-electron chi connectivity index (χ3n) is 5.41. The number of methoxy groups -OCH3 is 1. The van der Waals surface area contributed by atoms with Crippen molar-refractivity contribution < 1.29 is 47.8 Å². The minimum absolute atomic E-state index is 0. The Kier molecular flexibility index (Phi) is 13.8. The predicted octanol–water partition coefficient (Wildman–Crippen LogP) is 2.18. The van der Waals surface area contributed by atoms with Crippen LogP contribution in [0.1, 0.15) is 54.4 Å². The van der Waals surface area contributed by atoms with Crippen molar-refractivity contribution in [1.82, 2.24) is 4.48 Å². The van der Waals surface area contributed by atoms with E-state index in [9.17, 15) is 9.59 Å². The van der Waals surface area contributed by atoms with Gasteiger partial charge in [0, 0.05) is 0 Å². The highest BCUT2D eigenvalue weighted by Crippen LogP contribution is 2.18. The van der Waals surface area contributed by atoms with E-state index in [0.717, 1.165) is 54.3 Å². The van der Waals surface area contributed by atoms with Gasteiger partial charge in [-0.05, 0) is 54.8 Å². The van der Waals surface area contributed by atoms with E-state index in [0.29, 0.717) is 25.2 Å². The predicted molar refractivity (Wildman–Crippen MR) is 132 cm³/mol. The second kappa shape index (κ2) is 15.7. The number of carbonyl (C=O) groups excluding carboxylic acids is 2. The molecule has 0 heterocycles. The van der Waals surface area contributed by atoms with Crippen LogP contribution in [0.25, 0.3) is 0 Å². The molecule has 0 saturated heterocycles. The highest BCUT2D eigenvalue weighted by atomic mass is 127. The zero-order valence-corrected chi connectivity index (χ0v) is 23.0. The third-order valence-corrected chi connectivity index (χ3v) is 5.41. The minimum Gasteiger partial charge on any atom is -1.00 e. The number of halogens is 1.